The fraction of sp³-hybridized carbons (Fsp3) is 0.348. The van der Waals surface area contributed by atoms with Crippen LogP contribution in [0.3, 0.4) is 0 Å². The minimum atomic E-state index is -4.16. The van der Waals surface area contributed by atoms with Crippen LogP contribution in [0.5, 0.6) is 5.75 Å². The summed E-state index contributed by atoms with van der Waals surface area (Å²) in [5, 5.41) is 20.7. The molecule has 0 aliphatic carbocycles. The summed E-state index contributed by atoms with van der Waals surface area (Å²) < 4.78 is 26.1. The van der Waals surface area contributed by atoms with Crippen molar-refractivity contribution < 1.29 is 13.5 Å². The molecule has 0 aromatic heterocycles. The molecule has 0 unspecified atom stereocenters. The Hall–Kier alpha value is -2.00. The lowest BCUT2D eigenvalue weighted by Crippen LogP contribution is -2.17. The Bertz CT molecular complexity index is 1130. The molecule has 4 nitrogen and oxygen atoms in total. The van der Waals surface area contributed by atoms with Crippen LogP contribution in [-0.2, 0) is 20.7 Å². The van der Waals surface area contributed by atoms with Crippen molar-refractivity contribution in [1.82, 2.24) is 0 Å². The van der Waals surface area contributed by atoms with Gasteiger partial charge in [0.2, 0.25) is 9.84 Å². The van der Waals surface area contributed by atoms with E-state index in [4.69, 9.17) is 23.2 Å². The first-order valence-corrected chi connectivity index (χ1v) is 11.5. The fourth-order valence-corrected chi connectivity index (χ4v) is 4.94. The molecule has 0 heterocycles. The van der Waals surface area contributed by atoms with E-state index in [0.717, 1.165) is 0 Å². The van der Waals surface area contributed by atoms with Gasteiger partial charge in [-0.25, -0.2) is 8.42 Å². The molecule has 0 amide bonds. The van der Waals surface area contributed by atoms with Gasteiger partial charge in [0.15, 0.2) is 0 Å². The van der Waals surface area contributed by atoms with Crippen LogP contribution < -0.4 is 0 Å². The van der Waals surface area contributed by atoms with Crippen LogP contribution in [0.15, 0.2) is 40.1 Å². The quantitative estimate of drug-likeness (QED) is 0.515. The summed E-state index contributed by atoms with van der Waals surface area (Å²) in [6, 6.07) is 9.21. The number of phenols is 1. The molecular formula is C23H25Cl2NO3S. The molecule has 30 heavy (non-hydrogen) atoms. The van der Waals surface area contributed by atoms with Gasteiger partial charge in [0.25, 0.3) is 0 Å². The average Bonchev–Trinajstić information content (AvgIpc) is 2.58. The van der Waals surface area contributed by atoms with Gasteiger partial charge in [-0.1, -0.05) is 64.7 Å². The minimum Gasteiger partial charge on any atom is -0.507 e. The number of rotatable bonds is 3. The van der Waals surface area contributed by atoms with Crippen LogP contribution in [0.4, 0.5) is 0 Å². The molecule has 160 valence electrons. The predicted molar refractivity (Wildman–Crippen MR) is 123 cm³/mol. The van der Waals surface area contributed by atoms with Crippen molar-refractivity contribution in [3.05, 3.63) is 62.0 Å². The average molecular weight is 466 g/mol. The van der Waals surface area contributed by atoms with Crippen molar-refractivity contribution >= 4 is 39.1 Å². The van der Waals surface area contributed by atoms with Crippen molar-refractivity contribution in [2.45, 2.75) is 57.3 Å². The molecule has 0 saturated carbocycles. The summed E-state index contributed by atoms with van der Waals surface area (Å²) in [5.41, 5.74) is 1.06. The first-order valence-electron chi connectivity index (χ1n) is 9.29. The molecule has 1 N–H and O–H groups in total. The number of aromatic hydroxyl groups is 1. The Labute approximate surface area is 188 Å². The predicted octanol–water partition coefficient (Wildman–Crippen LogP) is 6.63. The molecule has 0 fully saturated rings. The second-order valence-electron chi connectivity index (χ2n) is 9.16. The first kappa shape index (κ1) is 24.3. The number of hydrogen-bond acceptors (Lipinski definition) is 4. The van der Waals surface area contributed by atoms with Crippen LogP contribution in [0, 0.1) is 11.3 Å². The number of allylic oxidation sites excluding steroid dienone is 1. The van der Waals surface area contributed by atoms with Crippen molar-refractivity contribution in [2.24, 2.45) is 0 Å². The summed E-state index contributed by atoms with van der Waals surface area (Å²) in [5.74, 6) is 0.175. The molecule has 0 aliphatic rings. The van der Waals surface area contributed by atoms with Crippen LogP contribution >= 0.6 is 23.2 Å². The zero-order valence-corrected chi connectivity index (χ0v) is 20.2. The maximum absolute atomic E-state index is 13.1. The third-order valence-electron chi connectivity index (χ3n) is 4.63. The number of hydrogen-bond donors (Lipinski definition) is 1. The Morgan fingerprint density at radius 2 is 1.50 bits per heavy atom. The Morgan fingerprint density at radius 1 is 1.00 bits per heavy atom. The molecule has 0 aliphatic heterocycles. The highest BCUT2D eigenvalue weighted by molar-refractivity contribution is 7.95. The Balaban J connectivity index is 2.77. The monoisotopic (exact) mass is 465 g/mol. The summed E-state index contributed by atoms with van der Waals surface area (Å²) in [4.78, 5) is -0.635. The van der Waals surface area contributed by atoms with Gasteiger partial charge in [-0.15, -0.1) is 0 Å². The lowest BCUT2D eigenvalue weighted by atomic mass is 9.78. The highest BCUT2D eigenvalue weighted by Crippen LogP contribution is 2.40. The van der Waals surface area contributed by atoms with E-state index in [1.165, 1.54) is 24.3 Å². The molecule has 2 aromatic rings. The van der Waals surface area contributed by atoms with E-state index in [1.54, 1.807) is 18.2 Å². The Kier molecular flexibility index (Phi) is 6.68. The summed E-state index contributed by atoms with van der Waals surface area (Å²) in [6.07, 6.45) is 1.31. The third kappa shape index (κ3) is 5.00. The van der Waals surface area contributed by atoms with Crippen molar-refractivity contribution in [1.29, 1.82) is 5.26 Å². The number of nitriles is 1. The number of sulfone groups is 1. The van der Waals surface area contributed by atoms with E-state index in [0.29, 0.717) is 21.7 Å². The van der Waals surface area contributed by atoms with Crippen molar-refractivity contribution in [3.8, 4) is 11.8 Å². The van der Waals surface area contributed by atoms with Crippen LogP contribution in [0.25, 0.3) is 6.08 Å². The Morgan fingerprint density at radius 3 is 1.90 bits per heavy atom. The number of halogens is 2. The largest absolute Gasteiger partial charge is 0.507 e. The van der Waals surface area contributed by atoms with Crippen LogP contribution in [0.2, 0.25) is 10.0 Å². The van der Waals surface area contributed by atoms with Gasteiger partial charge in [0.1, 0.15) is 16.7 Å². The smallest absolute Gasteiger partial charge is 0.218 e. The maximum atomic E-state index is 13.1. The highest BCUT2D eigenvalue weighted by atomic mass is 35.5. The number of benzene rings is 2. The van der Waals surface area contributed by atoms with Gasteiger partial charge in [-0.3, -0.25) is 0 Å². The highest BCUT2D eigenvalue weighted by Gasteiger charge is 2.28. The van der Waals surface area contributed by atoms with Crippen LogP contribution in [-0.4, -0.2) is 13.5 Å². The fourth-order valence-electron chi connectivity index (χ4n) is 3.02. The topological polar surface area (TPSA) is 78.2 Å². The number of nitrogens with zero attached hydrogens (tertiary/aromatic N) is 1. The summed E-state index contributed by atoms with van der Waals surface area (Å²) in [7, 11) is -4.16. The molecule has 0 radical (unpaired) electrons. The van der Waals surface area contributed by atoms with Gasteiger partial charge >= 0.3 is 0 Å². The molecule has 0 bridgehead atoms. The van der Waals surface area contributed by atoms with E-state index in [1.807, 2.05) is 41.5 Å². The molecule has 2 aromatic carbocycles. The van der Waals surface area contributed by atoms with Crippen LogP contribution in [0.1, 0.15) is 58.2 Å². The molecular weight excluding hydrogens is 441 g/mol. The number of phenolic OH excluding ortho intramolecular Hbond substituents is 1. The first-order chi connectivity index (χ1) is 13.6. The second-order valence-corrected chi connectivity index (χ2v) is 11.9. The van der Waals surface area contributed by atoms with E-state index in [2.05, 4.69) is 0 Å². The van der Waals surface area contributed by atoms with Crippen molar-refractivity contribution in [3.63, 3.8) is 0 Å². The second kappa shape index (κ2) is 8.26. The van der Waals surface area contributed by atoms with Gasteiger partial charge in [0, 0.05) is 16.1 Å². The van der Waals surface area contributed by atoms with E-state index in [9.17, 15) is 18.8 Å². The van der Waals surface area contributed by atoms with E-state index >= 15 is 0 Å². The molecule has 2 rings (SSSR count). The van der Waals surface area contributed by atoms with Gasteiger partial charge in [-0.2, -0.15) is 5.26 Å². The standard InChI is InChI=1S/C23H25Cl2NO3S/c1-22(2,3)17-10-14(11-18(21(17)27)23(4,5)6)9-16(13-26)30(28,29)20-8-7-15(24)12-19(20)25/h7-12,27H,1-6H3/b16-9-. The summed E-state index contributed by atoms with van der Waals surface area (Å²) >= 11 is 11.9. The van der Waals surface area contributed by atoms with E-state index < -0.39 is 14.7 Å². The minimum absolute atomic E-state index is 0.0554. The molecule has 7 heteroatoms. The zero-order chi connectivity index (χ0) is 23.1. The zero-order valence-electron chi connectivity index (χ0n) is 17.8. The maximum Gasteiger partial charge on any atom is 0.218 e. The third-order valence-corrected chi connectivity index (χ3v) is 7.01. The van der Waals surface area contributed by atoms with Gasteiger partial charge < -0.3 is 5.11 Å². The lowest BCUT2D eigenvalue weighted by Gasteiger charge is -2.28. The lowest BCUT2D eigenvalue weighted by molar-refractivity contribution is 0.423. The SMILES string of the molecule is CC(C)(C)c1cc(/C=C(/C#N)S(=O)(=O)c2ccc(Cl)cc2Cl)cc(C(C)(C)C)c1O. The molecule has 0 atom stereocenters. The summed E-state index contributed by atoms with van der Waals surface area (Å²) in [6.45, 7) is 11.7. The van der Waals surface area contributed by atoms with Gasteiger partial charge in [-0.05, 0) is 52.8 Å². The molecule has 0 spiro atoms. The molecule has 0 saturated heterocycles. The van der Waals surface area contributed by atoms with Gasteiger partial charge in [0.05, 0.1) is 9.92 Å². The van der Waals surface area contributed by atoms with E-state index in [-0.39, 0.29) is 26.5 Å². The van der Waals surface area contributed by atoms with Crippen molar-refractivity contribution in [2.75, 3.05) is 0 Å². The normalized spacial score (nSPS) is 13.2.